The molecular formula is C21H21Br2N3O5. The molecule has 1 N–H and O–H groups in total. The molecule has 1 aliphatic heterocycles. The van der Waals surface area contributed by atoms with E-state index in [2.05, 4.69) is 42.4 Å². The molecule has 0 aromatic heterocycles. The van der Waals surface area contributed by atoms with E-state index in [-0.39, 0.29) is 25.0 Å². The van der Waals surface area contributed by atoms with Crippen LogP contribution < -0.4 is 14.9 Å². The molecule has 2 aromatic rings. The van der Waals surface area contributed by atoms with Gasteiger partial charge in [-0.3, -0.25) is 9.59 Å². The molecule has 0 unspecified atom stereocenters. The number of nitrogens with zero attached hydrogens (tertiary/aromatic N) is 2. The van der Waals surface area contributed by atoms with Crippen LogP contribution in [0.3, 0.4) is 0 Å². The Morgan fingerprint density at radius 3 is 2.52 bits per heavy atom. The van der Waals surface area contributed by atoms with Crippen molar-refractivity contribution in [1.29, 1.82) is 0 Å². The summed E-state index contributed by atoms with van der Waals surface area (Å²) in [6, 6.07) is 12.4. The summed E-state index contributed by atoms with van der Waals surface area (Å²) >= 11 is 6.73. The number of hydrogen-bond acceptors (Lipinski definition) is 6. The fraction of sp³-hybridized carbons (Fsp3) is 0.286. The van der Waals surface area contributed by atoms with Gasteiger partial charge >= 0.3 is 0 Å². The van der Waals surface area contributed by atoms with Crippen molar-refractivity contribution in [1.82, 2.24) is 10.3 Å². The van der Waals surface area contributed by atoms with Crippen LogP contribution in [0.5, 0.6) is 11.5 Å². The predicted octanol–water partition coefficient (Wildman–Crippen LogP) is 2.98. The van der Waals surface area contributed by atoms with E-state index in [4.69, 9.17) is 14.2 Å². The third kappa shape index (κ3) is 7.64. The van der Waals surface area contributed by atoms with E-state index in [1.54, 1.807) is 35.2 Å². The highest BCUT2D eigenvalue weighted by Gasteiger charge is 2.17. The molecule has 0 atom stereocenters. The average Bonchev–Trinajstić information content (AvgIpc) is 2.78. The molecule has 0 bridgehead atoms. The number of hydrogen-bond donors (Lipinski definition) is 1. The van der Waals surface area contributed by atoms with Gasteiger partial charge in [0.05, 0.1) is 23.9 Å². The van der Waals surface area contributed by atoms with Gasteiger partial charge in [0.25, 0.3) is 11.8 Å². The zero-order chi connectivity index (χ0) is 22.1. The lowest BCUT2D eigenvalue weighted by Crippen LogP contribution is -2.42. The minimum Gasteiger partial charge on any atom is -0.484 e. The van der Waals surface area contributed by atoms with Crippen LogP contribution in [-0.2, 0) is 14.3 Å². The maximum atomic E-state index is 12.1. The molecule has 2 amide bonds. The first-order valence-corrected chi connectivity index (χ1v) is 11.1. The van der Waals surface area contributed by atoms with Crippen LogP contribution in [0.25, 0.3) is 0 Å². The molecule has 10 heteroatoms. The number of nitrogens with one attached hydrogen (secondary N) is 1. The highest BCUT2D eigenvalue weighted by atomic mass is 79.9. The largest absolute Gasteiger partial charge is 0.484 e. The molecule has 8 nitrogen and oxygen atoms in total. The first kappa shape index (κ1) is 23.2. The molecule has 0 saturated carbocycles. The predicted molar refractivity (Wildman–Crippen MR) is 122 cm³/mol. The molecule has 1 fully saturated rings. The van der Waals surface area contributed by atoms with Crippen LogP contribution in [-0.4, -0.2) is 62.4 Å². The van der Waals surface area contributed by atoms with Crippen LogP contribution in [0.2, 0.25) is 0 Å². The summed E-state index contributed by atoms with van der Waals surface area (Å²) in [6.45, 7) is 2.12. The Hall–Kier alpha value is -2.43. The lowest BCUT2D eigenvalue weighted by Gasteiger charge is -2.26. The normalized spacial score (nSPS) is 13.8. The monoisotopic (exact) mass is 553 g/mol. The zero-order valence-electron chi connectivity index (χ0n) is 16.6. The van der Waals surface area contributed by atoms with Gasteiger partial charge < -0.3 is 19.1 Å². The first-order chi connectivity index (χ1) is 15.0. The molecule has 1 aliphatic rings. The average molecular weight is 555 g/mol. The van der Waals surface area contributed by atoms with Crippen molar-refractivity contribution in [2.45, 2.75) is 0 Å². The maximum Gasteiger partial charge on any atom is 0.277 e. The molecule has 2 aromatic carbocycles. The van der Waals surface area contributed by atoms with Crippen molar-refractivity contribution in [3.8, 4) is 11.5 Å². The molecule has 0 aliphatic carbocycles. The minimum atomic E-state index is -0.382. The van der Waals surface area contributed by atoms with Gasteiger partial charge in [0.15, 0.2) is 13.2 Å². The van der Waals surface area contributed by atoms with Gasteiger partial charge in [0.1, 0.15) is 11.5 Å². The van der Waals surface area contributed by atoms with Gasteiger partial charge in [-0.05, 0) is 64.0 Å². The lowest BCUT2D eigenvalue weighted by molar-refractivity contribution is -0.137. The number of halogens is 2. The number of morpholine rings is 1. The number of carbonyl (C=O) groups excluding carboxylic acids is 2. The second-order valence-corrected chi connectivity index (χ2v) is 8.28. The van der Waals surface area contributed by atoms with E-state index < -0.39 is 0 Å². The van der Waals surface area contributed by atoms with Gasteiger partial charge in [0, 0.05) is 17.6 Å². The summed E-state index contributed by atoms with van der Waals surface area (Å²) in [4.78, 5) is 25.7. The number of carbonyl (C=O) groups is 2. The van der Waals surface area contributed by atoms with E-state index in [0.29, 0.717) is 37.8 Å². The van der Waals surface area contributed by atoms with Crippen molar-refractivity contribution >= 4 is 49.9 Å². The zero-order valence-corrected chi connectivity index (χ0v) is 19.7. The second-order valence-electron chi connectivity index (χ2n) is 6.51. The summed E-state index contributed by atoms with van der Waals surface area (Å²) in [6.07, 6.45) is 1.51. The van der Waals surface area contributed by atoms with Crippen molar-refractivity contribution in [3.05, 3.63) is 57.0 Å². The van der Waals surface area contributed by atoms with Crippen LogP contribution in [0, 0.1) is 0 Å². The topological polar surface area (TPSA) is 89.5 Å². The molecule has 1 heterocycles. The maximum absolute atomic E-state index is 12.1. The van der Waals surface area contributed by atoms with E-state index in [1.165, 1.54) is 6.21 Å². The summed E-state index contributed by atoms with van der Waals surface area (Å²) in [5.41, 5.74) is 3.18. The Labute approximate surface area is 196 Å². The molecule has 0 spiro atoms. The Morgan fingerprint density at radius 2 is 1.81 bits per heavy atom. The van der Waals surface area contributed by atoms with Crippen LogP contribution in [0.1, 0.15) is 5.56 Å². The standard InChI is InChI=1S/C21H21Br2N3O5/c22-16-3-6-19(18(23)11-16)31-13-20(27)25-24-12-15-1-4-17(5-2-15)30-14-21(28)26-7-9-29-10-8-26/h1-6,11-12H,7-10,13-14H2,(H,25,27)/b24-12+. The molecule has 31 heavy (non-hydrogen) atoms. The van der Waals surface area contributed by atoms with Crippen molar-refractivity contribution < 1.29 is 23.8 Å². The quantitative estimate of drug-likeness (QED) is 0.400. The smallest absolute Gasteiger partial charge is 0.277 e. The number of benzene rings is 2. The van der Waals surface area contributed by atoms with Crippen molar-refractivity contribution in [3.63, 3.8) is 0 Å². The summed E-state index contributed by atoms with van der Waals surface area (Å²) < 4.78 is 17.9. The van der Waals surface area contributed by atoms with Crippen LogP contribution >= 0.6 is 31.9 Å². The van der Waals surface area contributed by atoms with Gasteiger partial charge in [-0.1, -0.05) is 15.9 Å². The van der Waals surface area contributed by atoms with Gasteiger partial charge in [-0.2, -0.15) is 5.10 Å². The van der Waals surface area contributed by atoms with E-state index in [0.717, 1.165) is 14.5 Å². The summed E-state index contributed by atoms with van der Waals surface area (Å²) in [5, 5.41) is 3.92. The molecular weight excluding hydrogens is 534 g/mol. The van der Waals surface area contributed by atoms with E-state index in [1.807, 2.05) is 12.1 Å². The number of amides is 2. The van der Waals surface area contributed by atoms with Gasteiger partial charge in [-0.15, -0.1) is 0 Å². The molecule has 1 saturated heterocycles. The summed E-state index contributed by atoms with van der Waals surface area (Å²) in [5.74, 6) is 0.697. The number of rotatable bonds is 8. The third-order valence-corrected chi connectivity index (χ3v) is 5.37. The Kier molecular flexibility index (Phi) is 8.86. The van der Waals surface area contributed by atoms with Crippen molar-refractivity contribution in [2.75, 3.05) is 39.5 Å². The van der Waals surface area contributed by atoms with Gasteiger partial charge in [0.2, 0.25) is 0 Å². The van der Waals surface area contributed by atoms with Crippen molar-refractivity contribution in [2.24, 2.45) is 5.10 Å². The SMILES string of the molecule is O=C(COc1ccc(Br)cc1Br)N/N=C/c1ccc(OCC(=O)N2CCOCC2)cc1. The van der Waals surface area contributed by atoms with E-state index >= 15 is 0 Å². The number of hydrazone groups is 1. The molecule has 3 rings (SSSR count). The second kappa shape index (κ2) is 11.8. The highest BCUT2D eigenvalue weighted by molar-refractivity contribution is 9.11. The fourth-order valence-corrected chi connectivity index (χ4v) is 3.81. The highest BCUT2D eigenvalue weighted by Crippen LogP contribution is 2.28. The minimum absolute atomic E-state index is 0.0159. The third-order valence-electron chi connectivity index (χ3n) is 4.26. The number of ether oxygens (including phenoxy) is 3. The lowest BCUT2D eigenvalue weighted by atomic mass is 10.2. The molecule has 0 radical (unpaired) electrons. The van der Waals surface area contributed by atoms with E-state index in [9.17, 15) is 9.59 Å². The fourth-order valence-electron chi connectivity index (χ4n) is 2.65. The molecule has 164 valence electrons. The Bertz CT molecular complexity index is 931. The van der Waals surface area contributed by atoms with Crippen LogP contribution in [0.15, 0.2) is 56.5 Å². The first-order valence-electron chi connectivity index (χ1n) is 9.49. The Balaban J connectivity index is 1.39. The van der Waals surface area contributed by atoms with Crippen LogP contribution in [0.4, 0.5) is 0 Å². The Morgan fingerprint density at radius 1 is 1.06 bits per heavy atom. The van der Waals surface area contributed by atoms with Gasteiger partial charge in [-0.25, -0.2) is 5.43 Å². The summed E-state index contributed by atoms with van der Waals surface area (Å²) in [7, 11) is 0.